The molecule has 1 N–H and O–H groups in total. The molecule has 3 heterocycles. The molecule has 2 amide bonds. The highest BCUT2D eigenvalue weighted by Crippen LogP contribution is 2.35. The molecule has 0 spiro atoms. The summed E-state index contributed by atoms with van der Waals surface area (Å²) in [5.74, 6) is 1.12. The highest BCUT2D eigenvalue weighted by molar-refractivity contribution is 7.99. The number of aromatic nitrogens is 3. The summed E-state index contributed by atoms with van der Waals surface area (Å²) in [7, 11) is 1.59. The molecule has 2 aromatic heterocycles. The van der Waals surface area contributed by atoms with Gasteiger partial charge in [0.1, 0.15) is 5.75 Å². The second-order valence-corrected chi connectivity index (χ2v) is 12.8. The number of ether oxygens (including phenoxy) is 1. The summed E-state index contributed by atoms with van der Waals surface area (Å²) in [6.07, 6.45) is 1.40. The van der Waals surface area contributed by atoms with Gasteiger partial charge < -0.3 is 14.6 Å². The van der Waals surface area contributed by atoms with Crippen molar-refractivity contribution in [2.24, 2.45) is 5.10 Å². The Morgan fingerprint density at radius 3 is 2.48 bits per heavy atom. The van der Waals surface area contributed by atoms with Gasteiger partial charge in [0.25, 0.3) is 11.8 Å². The van der Waals surface area contributed by atoms with Crippen molar-refractivity contribution in [2.45, 2.75) is 44.1 Å². The van der Waals surface area contributed by atoms with Gasteiger partial charge in [0.05, 0.1) is 36.0 Å². The zero-order valence-corrected chi connectivity index (χ0v) is 27.3. The zero-order valence-electron chi connectivity index (χ0n) is 25.6. The number of nitrogens with one attached hydrogen (secondary N) is 1. The fourth-order valence-electron chi connectivity index (χ4n) is 5.24. The normalized spacial score (nSPS) is 14.3. The molecule has 0 fully saturated rings. The van der Waals surface area contributed by atoms with Gasteiger partial charge in [0, 0.05) is 18.5 Å². The largest absolute Gasteiger partial charge is 0.497 e. The van der Waals surface area contributed by atoms with Crippen LogP contribution in [-0.4, -0.2) is 50.2 Å². The molecule has 5 aromatic rings. The van der Waals surface area contributed by atoms with E-state index in [0.29, 0.717) is 35.3 Å². The summed E-state index contributed by atoms with van der Waals surface area (Å²) in [6, 6.07) is 29.3. The van der Waals surface area contributed by atoms with E-state index in [1.165, 1.54) is 22.9 Å². The smallest absolute Gasteiger partial charge is 0.253 e. The van der Waals surface area contributed by atoms with E-state index in [2.05, 4.69) is 58.8 Å². The number of methoxy groups -OCH3 is 1. The zero-order chi connectivity index (χ0) is 31.9. The van der Waals surface area contributed by atoms with E-state index in [9.17, 15) is 9.59 Å². The highest BCUT2D eigenvalue weighted by atomic mass is 32.2. The van der Waals surface area contributed by atoms with Gasteiger partial charge in [-0.2, -0.15) is 5.10 Å². The Bertz CT molecular complexity index is 1800. The summed E-state index contributed by atoms with van der Waals surface area (Å²) < 4.78 is 7.18. The number of thiophene rings is 1. The Morgan fingerprint density at radius 1 is 0.978 bits per heavy atom. The summed E-state index contributed by atoms with van der Waals surface area (Å²) in [6.45, 7) is 2.84. The SMILES string of the molecule is COc1ccc(C(=O)NCc2nnc(SCC(=O)N3N=C(c4cccs4)C[C@@H]3c3ccc(C)cc3)n2CCc2ccccc2)cc1. The third-order valence-corrected chi connectivity index (χ3v) is 9.65. The molecular formula is C35H34N6O3S2. The monoisotopic (exact) mass is 650 g/mol. The molecule has 1 aliphatic heterocycles. The van der Waals surface area contributed by atoms with Gasteiger partial charge in [-0.3, -0.25) is 9.59 Å². The molecule has 234 valence electrons. The number of carbonyl (C=O) groups excluding carboxylic acids is 2. The van der Waals surface area contributed by atoms with E-state index in [4.69, 9.17) is 9.84 Å². The van der Waals surface area contributed by atoms with Crippen molar-refractivity contribution < 1.29 is 14.3 Å². The number of hydrogen-bond acceptors (Lipinski definition) is 8. The lowest BCUT2D eigenvalue weighted by Gasteiger charge is -2.22. The van der Waals surface area contributed by atoms with Gasteiger partial charge in [-0.15, -0.1) is 21.5 Å². The van der Waals surface area contributed by atoms with Crippen LogP contribution in [0.2, 0.25) is 0 Å². The number of hydrogen-bond donors (Lipinski definition) is 1. The van der Waals surface area contributed by atoms with Crippen LogP contribution in [0.4, 0.5) is 0 Å². The summed E-state index contributed by atoms with van der Waals surface area (Å²) in [5.41, 5.74) is 4.83. The van der Waals surface area contributed by atoms with Crippen LogP contribution < -0.4 is 10.1 Å². The fourth-order valence-corrected chi connectivity index (χ4v) is 6.80. The average Bonchev–Trinajstić information content (AvgIpc) is 3.86. The van der Waals surface area contributed by atoms with Gasteiger partial charge in [-0.25, -0.2) is 5.01 Å². The summed E-state index contributed by atoms with van der Waals surface area (Å²) in [5, 5.41) is 20.9. The third-order valence-electron chi connectivity index (χ3n) is 7.78. The van der Waals surface area contributed by atoms with Crippen LogP contribution >= 0.6 is 23.1 Å². The fraction of sp³-hybridized carbons (Fsp3) is 0.229. The van der Waals surface area contributed by atoms with Gasteiger partial charge in [-0.05, 0) is 60.2 Å². The van der Waals surface area contributed by atoms with Crippen molar-refractivity contribution in [1.82, 2.24) is 25.1 Å². The minimum absolute atomic E-state index is 0.103. The lowest BCUT2D eigenvalue weighted by Crippen LogP contribution is -2.28. The van der Waals surface area contributed by atoms with Crippen LogP contribution in [0, 0.1) is 6.92 Å². The van der Waals surface area contributed by atoms with E-state index >= 15 is 0 Å². The lowest BCUT2D eigenvalue weighted by molar-refractivity contribution is -0.130. The van der Waals surface area contributed by atoms with E-state index < -0.39 is 0 Å². The Morgan fingerprint density at radius 2 is 1.76 bits per heavy atom. The van der Waals surface area contributed by atoms with Gasteiger partial charge >= 0.3 is 0 Å². The first kappa shape index (κ1) is 31.3. The van der Waals surface area contributed by atoms with Crippen molar-refractivity contribution in [2.75, 3.05) is 12.9 Å². The number of aryl methyl sites for hydroxylation is 2. The molecular weight excluding hydrogens is 617 g/mol. The Labute approximate surface area is 276 Å². The molecule has 6 rings (SSSR count). The maximum absolute atomic E-state index is 13.8. The van der Waals surface area contributed by atoms with Crippen molar-refractivity contribution >= 4 is 40.6 Å². The third kappa shape index (κ3) is 7.38. The minimum atomic E-state index is -0.222. The van der Waals surface area contributed by atoms with Crippen molar-refractivity contribution in [1.29, 1.82) is 0 Å². The average molecular weight is 651 g/mol. The number of thioether (sulfide) groups is 1. The Balaban J connectivity index is 1.19. The molecule has 1 atom stereocenters. The maximum atomic E-state index is 13.8. The lowest BCUT2D eigenvalue weighted by atomic mass is 10.00. The first-order chi connectivity index (χ1) is 22.5. The summed E-state index contributed by atoms with van der Waals surface area (Å²) >= 11 is 2.96. The van der Waals surface area contributed by atoms with Crippen LogP contribution in [0.25, 0.3) is 0 Å². The predicted molar refractivity (Wildman–Crippen MR) is 181 cm³/mol. The quantitative estimate of drug-likeness (QED) is 0.159. The van der Waals surface area contributed by atoms with E-state index in [-0.39, 0.29) is 30.2 Å². The van der Waals surface area contributed by atoms with E-state index in [1.807, 2.05) is 40.3 Å². The topological polar surface area (TPSA) is 102 Å². The Kier molecular flexibility index (Phi) is 9.90. The van der Waals surface area contributed by atoms with Crippen molar-refractivity contribution in [3.05, 3.63) is 129 Å². The molecule has 46 heavy (non-hydrogen) atoms. The van der Waals surface area contributed by atoms with Crippen molar-refractivity contribution in [3.63, 3.8) is 0 Å². The van der Waals surface area contributed by atoms with Crippen LogP contribution in [0.5, 0.6) is 5.75 Å². The molecule has 0 aliphatic carbocycles. The van der Waals surface area contributed by atoms with Gasteiger partial charge in [-0.1, -0.05) is 78.0 Å². The first-order valence-electron chi connectivity index (χ1n) is 15.0. The Hall–Kier alpha value is -4.74. The number of nitrogens with zero attached hydrogens (tertiary/aromatic N) is 5. The van der Waals surface area contributed by atoms with Gasteiger partial charge in [0.15, 0.2) is 11.0 Å². The van der Waals surface area contributed by atoms with Crippen LogP contribution in [-0.2, 0) is 24.3 Å². The molecule has 3 aromatic carbocycles. The van der Waals surface area contributed by atoms with E-state index in [0.717, 1.165) is 22.6 Å². The second kappa shape index (κ2) is 14.6. The first-order valence-corrected chi connectivity index (χ1v) is 16.9. The number of rotatable bonds is 12. The molecule has 9 nitrogen and oxygen atoms in total. The number of benzene rings is 3. The van der Waals surface area contributed by atoms with Gasteiger partial charge in [0.2, 0.25) is 0 Å². The molecule has 0 radical (unpaired) electrons. The summed E-state index contributed by atoms with van der Waals surface area (Å²) in [4.78, 5) is 27.7. The minimum Gasteiger partial charge on any atom is -0.497 e. The van der Waals surface area contributed by atoms with E-state index in [1.54, 1.807) is 47.7 Å². The number of amides is 2. The number of carbonyl (C=O) groups is 2. The number of hydrazone groups is 1. The standard InChI is InChI=1S/C35H34N6O3S2/c1-24-10-12-26(13-11-24)30-21-29(31-9-6-20-45-31)39-41(30)33(42)23-46-35-38-37-32(40(35)19-18-25-7-4-3-5-8-25)22-36-34(43)27-14-16-28(44-2)17-15-27/h3-17,20,30H,18-19,21-23H2,1-2H3,(H,36,43)/t30-/m1/s1. The molecule has 0 saturated carbocycles. The molecule has 0 unspecified atom stereocenters. The molecule has 11 heteroatoms. The molecule has 0 saturated heterocycles. The molecule has 1 aliphatic rings. The predicted octanol–water partition coefficient (Wildman–Crippen LogP) is 6.30. The highest BCUT2D eigenvalue weighted by Gasteiger charge is 2.33. The molecule has 0 bridgehead atoms. The van der Waals surface area contributed by atoms with Crippen LogP contribution in [0.3, 0.4) is 0 Å². The maximum Gasteiger partial charge on any atom is 0.253 e. The van der Waals surface area contributed by atoms with Crippen LogP contribution in [0.1, 0.15) is 50.2 Å². The second-order valence-electron chi connectivity index (χ2n) is 10.9. The van der Waals surface area contributed by atoms with Crippen molar-refractivity contribution in [3.8, 4) is 5.75 Å². The van der Waals surface area contributed by atoms with Crippen LogP contribution in [0.15, 0.2) is 107 Å².